The van der Waals surface area contributed by atoms with Gasteiger partial charge in [0.15, 0.2) is 5.78 Å². The van der Waals surface area contributed by atoms with E-state index >= 15 is 0 Å². The number of carbonyl (C=O) groups excluding carboxylic acids is 2. The molecule has 2 N–H and O–H groups in total. The van der Waals surface area contributed by atoms with Crippen molar-refractivity contribution in [3.63, 3.8) is 0 Å². The lowest BCUT2D eigenvalue weighted by Gasteiger charge is -2.21. The van der Waals surface area contributed by atoms with E-state index in [1.54, 1.807) is 6.08 Å². The number of hydrogen-bond donors (Lipinski definition) is 1. The second-order valence-corrected chi connectivity index (χ2v) is 3.15. The third kappa shape index (κ3) is 1.14. The summed E-state index contributed by atoms with van der Waals surface area (Å²) in [7, 11) is 0. The summed E-state index contributed by atoms with van der Waals surface area (Å²) in [6, 6.07) is 0. The maximum atomic E-state index is 11.4. The molecule has 0 aromatic carbocycles. The van der Waals surface area contributed by atoms with E-state index in [2.05, 4.69) is 0 Å². The van der Waals surface area contributed by atoms with Gasteiger partial charge in [-0.2, -0.15) is 0 Å². The molecule has 0 bridgehead atoms. The molecule has 0 unspecified atom stereocenters. The van der Waals surface area contributed by atoms with E-state index in [9.17, 15) is 9.59 Å². The number of nitrogens with two attached hydrogens (primary N) is 1. The molecule has 1 amide bonds. The number of fused-ring (bicyclic) bond motifs is 1. The summed E-state index contributed by atoms with van der Waals surface area (Å²) < 4.78 is 0. The molecule has 4 nitrogen and oxygen atoms in total. The van der Waals surface area contributed by atoms with Crippen LogP contribution in [-0.4, -0.2) is 29.7 Å². The summed E-state index contributed by atoms with van der Waals surface area (Å²) >= 11 is 0. The zero-order chi connectivity index (χ0) is 9.42. The number of hydrogen-bond acceptors (Lipinski definition) is 3. The first-order valence-corrected chi connectivity index (χ1v) is 4.19. The summed E-state index contributed by atoms with van der Waals surface area (Å²) in [5.74, 6) is -0.496. The molecule has 2 aliphatic rings. The van der Waals surface area contributed by atoms with Crippen LogP contribution in [0.25, 0.3) is 0 Å². The maximum absolute atomic E-state index is 11.4. The molecule has 0 aromatic heterocycles. The fraction of sp³-hybridized carbons (Fsp3) is 0.333. The Morgan fingerprint density at radius 3 is 3.00 bits per heavy atom. The molecule has 1 fully saturated rings. The molecule has 2 rings (SSSR count). The van der Waals surface area contributed by atoms with E-state index < -0.39 is 5.91 Å². The number of nitrogens with zero attached hydrogens (tertiary/aromatic N) is 1. The summed E-state index contributed by atoms with van der Waals surface area (Å²) in [6.07, 6.45) is 3.98. The van der Waals surface area contributed by atoms with Gasteiger partial charge in [0.2, 0.25) is 0 Å². The molecule has 1 saturated heterocycles. The molecule has 0 aromatic rings. The Balaban J connectivity index is 2.49. The number of amides is 1. The SMILES string of the molecule is NC(=O)C1=C2C(=O)CCN2CC=C1. The fourth-order valence-electron chi connectivity index (χ4n) is 1.72. The Morgan fingerprint density at radius 2 is 2.31 bits per heavy atom. The predicted octanol–water partition coefficient (Wildman–Crippen LogP) is -0.430. The van der Waals surface area contributed by atoms with Crippen LogP contribution < -0.4 is 5.73 Å². The van der Waals surface area contributed by atoms with Gasteiger partial charge in [-0.25, -0.2) is 0 Å². The molecule has 2 aliphatic heterocycles. The Kier molecular flexibility index (Phi) is 1.69. The summed E-state index contributed by atoms with van der Waals surface area (Å²) in [5, 5.41) is 0. The van der Waals surface area contributed by atoms with Gasteiger partial charge in [-0.05, 0) is 6.08 Å². The molecule has 4 heteroatoms. The highest BCUT2D eigenvalue weighted by molar-refractivity contribution is 6.07. The first-order valence-electron chi connectivity index (χ1n) is 4.19. The normalized spacial score (nSPS) is 20.9. The standard InChI is InChI=1S/C9H10N2O2/c10-9(13)6-2-1-4-11-5-3-7(12)8(6)11/h1-2H,3-5H2,(H2,10,13). The molecular formula is C9H10N2O2. The van der Waals surface area contributed by atoms with Crippen LogP contribution in [0, 0.1) is 0 Å². The van der Waals surface area contributed by atoms with Crippen LogP contribution in [-0.2, 0) is 9.59 Å². The van der Waals surface area contributed by atoms with Gasteiger partial charge in [0.25, 0.3) is 5.91 Å². The van der Waals surface area contributed by atoms with Crippen LogP contribution in [0.15, 0.2) is 23.4 Å². The van der Waals surface area contributed by atoms with Gasteiger partial charge in [-0.1, -0.05) is 6.08 Å². The second kappa shape index (κ2) is 2.73. The zero-order valence-electron chi connectivity index (χ0n) is 7.12. The molecule has 2 heterocycles. The van der Waals surface area contributed by atoms with Gasteiger partial charge < -0.3 is 10.6 Å². The number of Topliss-reactive ketones (excluding diaryl/α,β-unsaturated/α-hetero) is 1. The third-order valence-electron chi connectivity index (χ3n) is 2.32. The minimum absolute atomic E-state index is 0.0261. The molecule has 0 spiro atoms. The van der Waals surface area contributed by atoms with Crippen LogP contribution in [0.1, 0.15) is 6.42 Å². The van der Waals surface area contributed by atoms with Crippen LogP contribution in [0.3, 0.4) is 0 Å². The van der Waals surface area contributed by atoms with Crippen LogP contribution >= 0.6 is 0 Å². The Hall–Kier alpha value is -1.58. The van der Waals surface area contributed by atoms with E-state index in [1.165, 1.54) is 0 Å². The van der Waals surface area contributed by atoms with E-state index in [1.807, 2.05) is 11.0 Å². The summed E-state index contributed by atoms with van der Waals surface area (Å²) in [5.41, 5.74) is 6.02. The van der Waals surface area contributed by atoms with Crippen molar-refractivity contribution < 1.29 is 9.59 Å². The number of primary amides is 1. The Bertz CT molecular complexity index is 342. The molecular weight excluding hydrogens is 168 g/mol. The Labute approximate surface area is 75.7 Å². The van der Waals surface area contributed by atoms with Crippen molar-refractivity contribution in [3.05, 3.63) is 23.4 Å². The minimum Gasteiger partial charge on any atom is -0.366 e. The van der Waals surface area contributed by atoms with Gasteiger partial charge in [-0.3, -0.25) is 9.59 Å². The number of allylic oxidation sites excluding steroid dienone is 1. The van der Waals surface area contributed by atoms with Gasteiger partial charge in [0.1, 0.15) is 0 Å². The van der Waals surface area contributed by atoms with Crippen molar-refractivity contribution in [1.82, 2.24) is 4.90 Å². The minimum atomic E-state index is -0.522. The number of rotatable bonds is 1. The van der Waals surface area contributed by atoms with E-state index in [0.29, 0.717) is 30.8 Å². The van der Waals surface area contributed by atoms with Crippen molar-refractivity contribution in [2.75, 3.05) is 13.1 Å². The van der Waals surface area contributed by atoms with Gasteiger partial charge in [0, 0.05) is 19.5 Å². The molecule has 13 heavy (non-hydrogen) atoms. The lowest BCUT2D eigenvalue weighted by molar-refractivity contribution is -0.117. The van der Waals surface area contributed by atoms with Gasteiger partial charge in [-0.15, -0.1) is 0 Å². The van der Waals surface area contributed by atoms with Crippen LogP contribution in [0.2, 0.25) is 0 Å². The summed E-state index contributed by atoms with van der Waals surface area (Å²) in [4.78, 5) is 24.3. The lowest BCUT2D eigenvalue weighted by Crippen LogP contribution is -2.27. The van der Waals surface area contributed by atoms with Gasteiger partial charge >= 0.3 is 0 Å². The van der Waals surface area contributed by atoms with E-state index in [4.69, 9.17) is 5.73 Å². The number of ketones is 1. The van der Waals surface area contributed by atoms with E-state index in [0.717, 1.165) is 0 Å². The molecule has 0 atom stereocenters. The molecule has 0 radical (unpaired) electrons. The molecule has 0 aliphatic carbocycles. The smallest absolute Gasteiger partial charge is 0.250 e. The van der Waals surface area contributed by atoms with Gasteiger partial charge in [0.05, 0.1) is 11.3 Å². The Morgan fingerprint density at radius 1 is 1.54 bits per heavy atom. The largest absolute Gasteiger partial charge is 0.366 e. The zero-order valence-corrected chi connectivity index (χ0v) is 7.12. The van der Waals surface area contributed by atoms with Crippen LogP contribution in [0.4, 0.5) is 0 Å². The van der Waals surface area contributed by atoms with E-state index in [-0.39, 0.29) is 5.78 Å². The van der Waals surface area contributed by atoms with Crippen molar-refractivity contribution in [2.45, 2.75) is 6.42 Å². The highest BCUT2D eigenvalue weighted by Crippen LogP contribution is 2.24. The topological polar surface area (TPSA) is 63.4 Å². The first-order chi connectivity index (χ1) is 6.20. The third-order valence-corrected chi connectivity index (χ3v) is 2.32. The van der Waals surface area contributed by atoms with Crippen LogP contribution in [0.5, 0.6) is 0 Å². The average Bonchev–Trinajstić information content (AvgIpc) is 2.48. The molecule has 68 valence electrons. The number of carbonyl (C=O) groups is 2. The quantitative estimate of drug-likeness (QED) is 0.592. The maximum Gasteiger partial charge on any atom is 0.250 e. The van der Waals surface area contributed by atoms with Crippen molar-refractivity contribution in [3.8, 4) is 0 Å². The second-order valence-electron chi connectivity index (χ2n) is 3.15. The highest BCUT2D eigenvalue weighted by Gasteiger charge is 2.30. The van der Waals surface area contributed by atoms with Crippen molar-refractivity contribution in [2.24, 2.45) is 5.73 Å². The fourth-order valence-corrected chi connectivity index (χ4v) is 1.72. The highest BCUT2D eigenvalue weighted by atomic mass is 16.1. The van der Waals surface area contributed by atoms with Crippen molar-refractivity contribution in [1.29, 1.82) is 0 Å². The lowest BCUT2D eigenvalue weighted by atomic mass is 10.1. The monoisotopic (exact) mass is 178 g/mol. The summed E-state index contributed by atoms with van der Waals surface area (Å²) in [6.45, 7) is 1.41. The first kappa shape index (κ1) is 8.04. The molecule has 0 saturated carbocycles. The predicted molar refractivity (Wildman–Crippen MR) is 46.6 cm³/mol. The average molecular weight is 178 g/mol. The van der Waals surface area contributed by atoms with Crippen molar-refractivity contribution >= 4 is 11.7 Å².